The highest BCUT2D eigenvalue weighted by Gasteiger charge is 2.26. The zero-order valence-electron chi connectivity index (χ0n) is 18.2. The molecule has 0 aliphatic heterocycles. The van der Waals surface area contributed by atoms with Crippen LogP contribution < -0.4 is 0 Å². The van der Waals surface area contributed by atoms with Gasteiger partial charge in [-0.1, -0.05) is 43.7 Å². The zero-order chi connectivity index (χ0) is 22.5. The highest BCUT2D eigenvalue weighted by atomic mass is 35.5. The topological polar surface area (TPSA) is 87.6 Å². The maximum Gasteiger partial charge on any atom is 0.307 e. The normalized spacial score (nSPS) is 16.2. The molecule has 7 heteroatoms. The summed E-state index contributed by atoms with van der Waals surface area (Å²) in [5.74, 6) is 0.433. The number of aromatic amines is 1. The highest BCUT2D eigenvalue weighted by molar-refractivity contribution is 6.31. The summed E-state index contributed by atoms with van der Waals surface area (Å²) in [5.41, 5.74) is 3.38. The first-order valence-corrected chi connectivity index (χ1v) is 11.5. The molecule has 2 N–H and O–H groups in total. The maximum atomic E-state index is 11.8. The molecule has 6 nitrogen and oxygen atoms in total. The number of methoxy groups -OCH3 is 1. The SMILES string of the molecule is COC(CC(CC1CCCCC1)C(=O)O)=Nc1ccc(-c2nc3ccc(Cl)cc3[nH]2)cc1. The van der Waals surface area contributed by atoms with Crippen LogP contribution in [0.3, 0.4) is 0 Å². The van der Waals surface area contributed by atoms with Crippen LogP contribution in [0, 0.1) is 11.8 Å². The van der Waals surface area contributed by atoms with Gasteiger partial charge in [0.1, 0.15) is 5.82 Å². The highest BCUT2D eigenvalue weighted by Crippen LogP contribution is 2.31. The molecule has 1 aliphatic carbocycles. The van der Waals surface area contributed by atoms with Crippen molar-refractivity contribution in [1.29, 1.82) is 0 Å². The van der Waals surface area contributed by atoms with Crippen LogP contribution in [0.4, 0.5) is 5.69 Å². The van der Waals surface area contributed by atoms with Gasteiger partial charge in [0.15, 0.2) is 5.90 Å². The summed E-state index contributed by atoms with van der Waals surface area (Å²) < 4.78 is 5.45. The molecule has 1 atom stereocenters. The van der Waals surface area contributed by atoms with Crippen LogP contribution in [0.25, 0.3) is 22.4 Å². The average molecular weight is 454 g/mol. The number of fused-ring (bicyclic) bond motifs is 1. The number of hydrogen-bond donors (Lipinski definition) is 2. The van der Waals surface area contributed by atoms with Gasteiger partial charge in [0.2, 0.25) is 0 Å². The summed E-state index contributed by atoms with van der Waals surface area (Å²) in [6.07, 6.45) is 6.90. The predicted molar refractivity (Wildman–Crippen MR) is 128 cm³/mol. The van der Waals surface area contributed by atoms with Crippen LogP contribution >= 0.6 is 11.6 Å². The van der Waals surface area contributed by atoms with Gasteiger partial charge in [-0.05, 0) is 54.8 Å². The van der Waals surface area contributed by atoms with Crippen molar-refractivity contribution in [3.63, 3.8) is 0 Å². The van der Waals surface area contributed by atoms with E-state index in [1.807, 2.05) is 42.5 Å². The second-order valence-electron chi connectivity index (χ2n) is 8.48. The van der Waals surface area contributed by atoms with Crippen molar-refractivity contribution < 1.29 is 14.6 Å². The number of benzene rings is 2. The smallest absolute Gasteiger partial charge is 0.307 e. The number of aromatic nitrogens is 2. The van der Waals surface area contributed by atoms with E-state index in [4.69, 9.17) is 16.3 Å². The number of H-pyrrole nitrogens is 1. The van der Waals surface area contributed by atoms with Gasteiger partial charge in [-0.25, -0.2) is 9.98 Å². The van der Waals surface area contributed by atoms with Gasteiger partial charge in [0.25, 0.3) is 0 Å². The number of aliphatic imine (C=N–C) groups is 1. The van der Waals surface area contributed by atoms with E-state index in [1.165, 1.54) is 19.3 Å². The molecular formula is C25H28ClN3O3. The Kier molecular flexibility index (Phi) is 7.10. The Balaban J connectivity index is 1.47. The molecule has 1 aliphatic rings. The summed E-state index contributed by atoms with van der Waals surface area (Å²) in [5, 5.41) is 10.4. The summed E-state index contributed by atoms with van der Waals surface area (Å²) >= 11 is 6.06. The third-order valence-electron chi connectivity index (χ3n) is 6.19. The van der Waals surface area contributed by atoms with E-state index in [1.54, 1.807) is 7.11 Å². The number of carboxylic acid groups (broad SMARTS) is 1. The molecule has 1 unspecified atom stereocenters. The largest absolute Gasteiger partial charge is 0.484 e. The first kappa shape index (κ1) is 22.3. The fraction of sp³-hybridized carbons (Fsp3) is 0.400. The van der Waals surface area contributed by atoms with Gasteiger partial charge in [0, 0.05) is 17.0 Å². The number of halogens is 1. The number of carboxylic acids is 1. The number of carbonyl (C=O) groups is 1. The molecule has 4 rings (SSSR count). The van der Waals surface area contributed by atoms with Crippen LogP contribution in [-0.2, 0) is 9.53 Å². The Morgan fingerprint density at radius 1 is 1.22 bits per heavy atom. The standard InChI is InChI=1S/C25H28ClN3O3/c1-32-23(14-18(25(30)31)13-16-5-3-2-4-6-16)27-20-10-7-17(8-11-20)24-28-21-12-9-19(26)15-22(21)29-24/h7-12,15-16,18H,2-6,13-14H2,1H3,(H,28,29)(H,30,31). The van der Waals surface area contributed by atoms with Gasteiger partial charge in [0.05, 0.1) is 29.7 Å². The summed E-state index contributed by atoms with van der Waals surface area (Å²) in [6, 6.07) is 13.2. The lowest BCUT2D eigenvalue weighted by Crippen LogP contribution is -2.23. The molecule has 1 heterocycles. The van der Waals surface area contributed by atoms with E-state index >= 15 is 0 Å². The molecule has 1 aromatic heterocycles. The van der Waals surface area contributed by atoms with Gasteiger partial charge in [-0.2, -0.15) is 0 Å². The Morgan fingerprint density at radius 3 is 2.66 bits per heavy atom. The molecule has 0 bridgehead atoms. The molecule has 3 aromatic rings. The van der Waals surface area contributed by atoms with E-state index in [9.17, 15) is 9.90 Å². The van der Waals surface area contributed by atoms with Crippen molar-refractivity contribution in [2.75, 3.05) is 7.11 Å². The Labute approximate surface area is 192 Å². The minimum Gasteiger partial charge on any atom is -0.484 e. The minimum absolute atomic E-state index is 0.300. The maximum absolute atomic E-state index is 11.8. The van der Waals surface area contributed by atoms with E-state index in [2.05, 4.69) is 15.0 Å². The summed E-state index contributed by atoms with van der Waals surface area (Å²) in [7, 11) is 1.55. The lowest BCUT2D eigenvalue weighted by molar-refractivity contribution is -0.142. The van der Waals surface area contributed by atoms with Crippen LogP contribution in [-0.4, -0.2) is 34.1 Å². The number of imidazole rings is 1. The van der Waals surface area contributed by atoms with Gasteiger partial charge >= 0.3 is 5.97 Å². The van der Waals surface area contributed by atoms with Crippen LogP contribution in [0.1, 0.15) is 44.9 Å². The molecule has 32 heavy (non-hydrogen) atoms. The molecule has 2 aromatic carbocycles. The fourth-order valence-corrected chi connectivity index (χ4v) is 4.61. The average Bonchev–Trinajstić information content (AvgIpc) is 3.22. The van der Waals surface area contributed by atoms with E-state index in [0.29, 0.717) is 35.4 Å². The second kappa shape index (κ2) is 10.2. The second-order valence-corrected chi connectivity index (χ2v) is 8.92. The van der Waals surface area contributed by atoms with Crippen LogP contribution in [0.2, 0.25) is 5.02 Å². The quantitative estimate of drug-likeness (QED) is 0.310. The number of aliphatic carboxylic acids is 1. The van der Waals surface area contributed by atoms with Crippen LogP contribution in [0.5, 0.6) is 0 Å². The molecule has 0 spiro atoms. The Morgan fingerprint density at radius 2 is 1.97 bits per heavy atom. The van der Waals surface area contributed by atoms with Crippen molar-refractivity contribution in [3.8, 4) is 11.4 Å². The van der Waals surface area contributed by atoms with Gasteiger partial charge in [-0.3, -0.25) is 4.79 Å². The van der Waals surface area contributed by atoms with Crippen molar-refractivity contribution >= 4 is 40.2 Å². The van der Waals surface area contributed by atoms with Gasteiger partial charge in [-0.15, -0.1) is 0 Å². The first-order valence-electron chi connectivity index (χ1n) is 11.1. The minimum atomic E-state index is -0.777. The number of ether oxygens (including phenoxy) is 1. The van der Waals surface area contributed by atoms with E-state index < -0.39 is 11.9 Å². The first-order chi connectivity index (χ1) is 15.5. The number of rotatable bonds is 7. The van der Waals surface area contributed by atoms with E-state index in [-0.39, 0.29) is 0 Å². The lowest BCUT2D eigenvalue weighted by Gasteiger charge is -2.24. The molecule has 1 fully saturated rings. The van der Waals surface area contributed by atoms with Crippen molar-refractivity contribution in [1.82, 2.24) is 9.97 Å². The van der Waals surface area contributed by atoms with Crippen molar-refractivity contribution in [2.45, 2.75) is 44.9 Å². The van der Waals surface area contributed by atoms with E-state index in [0.717, 1.165) is 35.3 Å². The fourth-order valence-electron chi connectivity index (χ4n) is 4.44. The third-order valence-corrected chi connectivity index (χ3v) is 6.42. The third kappa shape index (κ3) is 5.49. The monoisotopic (exact) mass is 453 g/mol. The summed E-state index contributed by atoms with van der Waals surface area (Å²) in [4.78, 5) is 24.3. The molecule has 168 valence electrons. The number of nitrogens with one attached hydrogen (secondary N) is 1. The van der Waals surface area contributed by atoms with Crippen LogP contribution in [0.15, 0.2) is 47.5 Å². The van der Waals surface area contributed by atoms with Crippen molar-refractivity contribution in [2.24, 2.45) is 16.8 Å². The lowest BCUT2D eigenvalue weighted by atomic mass is 9.82. The molecule has 1 saturated carbocycles. The van der Waals surface area contributed by atoms with Crippen molar-refractivity contribution in [3.05, 3.63) is 47.5 Å². The number of hydrogen-bond acceptors (Lipinski definition) is 4. The van der Waals surface area contributed by atoms with Gasteiger partial charge < -0.3 is 14.8 Å². The zero-order valence-corrected chi connectivity index (χ0v) is 18.9. The molecular weight excluding hydrogens is 426 g/mol. The number of nitrogens with zero attached hydrogens (tertiary/aromatic N) is 2. The molecule has 0 radical (unpaired) electrons. The predicted octanol–water partition coefficient (Wildman–Crippen LogP) is 6.62. The molecule has 0 amide bonds. The Hall–Kier alpha value is -2.86. The Bertz CT molecular complexity index is 1100. The molecule has 0 saturated heterocycles. The summed E-state index contributed by atoms with van der Waals surface area (Å²) in [6.45, 7) is 0.